The van der Waals surface area contributed by atoms with Crippen LogP contribution in [0, 0.1) is 18.8 Å². The minimum atomic E-state index is 0.119. The van der Waals surface area contributed by atoms with E-state index in [0.29, 0.717) is 17.7 Å². The third-order valence-electron chi connectivity index (χ3n) is 6.75. The Morgan fingerprint density at radius 2 is 1.77 bits per heavy atom. The fraction of sp³-hybridized carbons (Fsp3) is 0.478. The van der Waals surface area contributed by atoms with Crippen molar-refractivity contribution in [2.24, 2.45) is 11.8 Å². The van der Waals surface area contributed by atoms with Crippen LogP contribution < -0.4 is 9.64 Å². The Balaban J connectivity index is 1.34. The summed E-state index contributed by atoms with van der Waals surface area (Å²) < 4.78 is 13.2. The first-order valence-corrected chi connectivity index (χ1v) is 10.8. The molecule has 0 amide bonds. The van der Waals surface area contributed by atoms with E-state index in [2.05, 4.69) is 62.6 Å². The van der Waals surface area contributed by atoms with Crippen molar-refractivity contribution in [1.82, 2.24) is 25.0 Å². The molecular formula is C23H28N6O2. The molecule has 0 radical (unpaired) electrons. The van der Waals surface area contributed by atoms with Crippen molar-refractivity contribution in [2.75, 3.05) is 32.2 Å². The maximum Gasteiger partial charge on any atom is 0.218 e. The van der Waals surface area contributed by atoms with E-state index in [9.17, 15) is 0 Å². The van der Waals surface area contributed by atoms with Crippen molar-refractivity contribution in [1.29, 1.82) is 0 Å². The van der Waals surface area contributed by atoms with Crippen LogP contribution in [0.2, 0.25) is 0 Å². The van der Waals surface area contributed by atoms with Crippen LogP contribution in [-0.4, -0.2) is 58.4 Å². The smallest absolute Gasteiger partial charge is 0.218 e. The van der Waals surface area contributed by atoms with Gasteiger partial charge in [0.1, 0.15) is 17.8 Å². The number of aromatic nitrogens is 5. The molecule has 31 heavy (non-hydrogen) atoms. The van der Waals surface area contributed by atoms with Crippen molar-refractivity contribution in [2.45, 2.75) is 31.9 Å². The zero-order chi connectivity index (χ0) is 21.4. The number of fused-ring (bicyclic) bond motifs is 1. The molecule has 2 aromatic heterocycles. The average molecular weight is 421 g/mol. The Bertz CT molecular complexity index is 1040. The molecule has 2 aliphatic rings. The number of hydrogen-bond donors (Lipinski definition) is 0. The summed E-state index contributed by atoms with van der Waals surface area (Å²) in [5.41, 5.74) is 3.23. The van der Waals surface area contributed by atoms with Crippen molar-refractivity contribution < 1.29 is 9.47 Å². The monoisotopic (exact) mass is 420 g/mol. The molecule has 1 aliphatic carbocycles. The predicted octanol–water partition coefficient (Wildman–Crippen LogP) is 3.15. The van der Waals surface area contributed by atoms with Crippen LogP contribution >= 0.6 is 0 Å². The summed E-state index contributed by atoms with van der Waals surface area (Å²) >= 11 is 0. The molecule has 0 unspecified atom stereocenters. The molecule has 8 nitrogen and oxygen atoms in total. The Morgan fingerprint density at radius 3 is 2.52 bits per heavy atom. The van der Waals surface area contributed by atoms with Gasteiger partial charge in [0.2, 0.25) is 5.88 Å². The fourth-order valence-corrected chi connectivity index (χ4v) is 5.02. The molecule has 162 valence electrons. The van der Waals surface area contributed by atoms with Crippen LogP contribution in [0.25, 0.3) is 11.3 Å². The van der Waals surface area contributed by atoms with Gasteiger partial charge in [-0.05, 0) is 31.6 Å². The van der Waals surface area contributed by atoms with Crippen molar-refractivity contribution in [3.8, 4) is 17.1 Å². The largest absolute Gasteiger partial charge is 0.481 e. The standard InChI is InChI=1S/C23H28N6O2/c1-15-4-6-16(7-5-15)19-13-29(27-26-19)20-8-17-11-28(12-18(17)9-21(20)30-2)22-10-23(31-3)25-14-24-22/h4-7,10,13-14,17-18,20-21H,8-9,11-12H2,1-3H3/t17-,18+,20-,21-/m1/s1. The van der Waals surface area contributed by atoms with Gasteiger partial charge in [0.05, 0.1) is 25.5 Å². The Kier molecular flexibility index (Phi) is 5.31. The molecule has 0 bridgehead atoms. The van der Waals surface area contributed by atoms with Gasteiger partial charge >= 0.3 is 0 Å². The highest BCUT2D eigenvalue weighted by atomic mass is 16.5. The lowest BCUT2D eigenvalue weighted by atomic mass is 9.77. The van der Waals surface area contributed by atoms with Gasteiger partial charge in [0, 0.05) is 31.8 Å². The van der Waals surface area contributed by atoms with E-state index in [1.807, 2.05) is 10.7 Å². The number of benzene rings is 1. The number of nitrogens with zero attached hydrogens (tertiary/aromatic N) is 6. The summed E-state index contributed by atoms with van der Waals surface area (Å²) in [4.78, 5) is 10.9. The zero-order valence-corrected chi connectivity index (χ0v) is 18.2. The number of methoxy groups -OCH3 is 2. The number of ether oxygens (including phenoxy) is 2. The van der Waals surface area contributed by atoms with E-state index < -0.39 is 0 Å². The van der Waals surface area contributed by atoms with Crippen LogP contribution in [-0.2, 0) is 4.74 Å². The third-order valence-corrected chi connectivity index (χ3v) is 6.75. The second-order valence-electron chi connectivity index (χ2n) is 8.61. The molecule has 1 aliphatic heterocycles. The Hall–Kier alpha value is -3.00. The first-order valence-electron chi connectivity index (χ1n) is 10.8. The lowest BCUT2D eigenvalue weighted by molar-refractivity contribution is -0.00541. The van der Waals surface area contributed by atoms with E-state index in [1.165, 1.54) is 5.56 Å². The zero-order valence-electron chi connectivity index (χ0n) is 18.2. The Morgan fingerprint density at radius 1 is 1.00 bits per heavy atom. The maximum atomic E-state index is 5.92. The van der Waals surface area contributed by atoms with Gasteiger partial charge < -0.3 is 14.4 Å². The van der Waals surface area contributed by atoms with Crippen molar-refractivity contribution >= 4 is 5.82 Å². The van der Waals surface area contributed by atoms with Crippen LogP contribution in [0.5, 0.6) is 5.88 Å². The van der Waals surface area contributed by atoms with E-state index >= 15 is 0 Å². The molecule has 3 heterocycles. The molecule has 0 N–H and O–H groups in total. The average Bonchev–Trinajstić information content (AvgIpc) is 3.45. The van der Waals surface area contributed by atoms with Crippen molar-refractivity contribution in [3.63, 3.8) is 0 Å². The molecule has 4 atom stereocenters. The quantitative estimate of drug-likeness (QED) is 0.627. The van der Waals surface area contributed by atoms with Crippen LogP contribution in [0.15, 0.2) is 42.9 Å². The molecule has 2 fully saturated rings. The first kappa shape index (κ1) is 19.9. The van der Waals surface area contributed by atoms with E-state index in [4.69, 9.17) is 9.47 Å². The molecule has 8 heteroatoms. The predicted molar refractivity (Wildman–Crippen MR) is 117 cm³/mol. The van der Waals surface area contributed by atoms with Gasteiger partial charge in [0.15, 0.2) is 0 Å². The van der Waals surface area contributed by atoms with Crippen LogP contribution in [0.1, 0.15) is 24.4 Å². The topological polar surface area (TPSA) is 78.2 Å². The van der Waals surface area contributed by atoms with Gasteiger partial charge in [-0.2, -0.15) is 0 Å². The lowest BCUT2D eigenvalue weighted by Gasteiger charge is -2.36. The molecular weight excluding hydrogens is 392 g/mol. The van der Waals surface area contributed by atoms with Gasteiger partial charge in [-0.25, -0.2) is 14.6 Å². The summed E-state index contributed by atoms with van der Waals surface area (Å²) in [6.45, 7) is 4.03. The highest BCUT2D eigenvalue weighted by Crippen LogP contribution is 2.43. The van der Waals surface area contributed by atoms with Gasteiger partial charge in [-0.3, -0.25) is 0 Å². The Labute approximate surface area is 182 Å². The summed E-state index contributed by atoms with van der Waals surface area (Å²) in [5.74, 6) is 2.65. The molecule has 1 saturated heterocycles. The van der Waals surface area contributed by atoms with Gasteiger partial charge in [0.25, 0.3) is 0 Å². The van der Waals surface area contributed by atoms with E-state index in [-0.39, 0.29) is 12.1 Å². The van der Waals surface area contributed by atoms with Gasteiger partial charge in [-0.1, -0.05) is 35.0 Å². The second kappa shape index (κ2) is 8.26. The van der Waals surface area contributed by atoms with Crippen molar-refractivity contribution in [3.05, 3.63) is 48.4 Å². The molecule has 5 rings (SSSR count). The summed E-state index contributed by atoms with van der Waals surface area (Å²) in [7, 11) is 3.43. The fourth-order valence-electron chi connectivity index (χ4n) is 5.02. The number of hydrogen-bond acceptors (Lipinski definition) is 7. The minimum absolute atomic E-state index is 0.119. The third kappa shape index (κ3) is 3.87. The molecule has 0 spiro atoms. The van der Waals surface area contributed by atoms with E-state index in [1.54, 1.807) is 20.5 Å². The van der Waals surface area contributed by atoms with Crippen LogP contribution in [0.3, 0.4) is 0 Å². The number of anilines is 1. The normalized spacial score (nSPS) is 25.5. The highest BCUT2D eigenvalue weighted by Gasteiger charge is 2.44. The second-order valence-corrected chi connectivity index (χ2v) is 8.61. The van der Waals surface area contributed by atoms with E-state index in [0.717, 1.165) is 43.0 Å². The molecule has 1 saturated carbocycles. The number of rotatable bonds is 5. The molecule has 1 aromatic carbocycles. The lowest BCUT2D eigenvalue weighted by Crippen LogP contribution is -2.37. The first-order chi connectivity index (χ1) is 15.1. The highest BCUT2D eigenvalue weighted by molar-refractivity contribution is 5.57. The SMILES string of the molecule is COc1cc(N2C[C@H]3C[C@@H](n4cc(-c5ccc(C)cc5)nn4)[C@H](OC)C[C@H]3C2)ncn1. The van der Waals surface area contributed by atoms with Crippen LogP contribution in [0.4, 0.5) is 5.82 Å². The summed E-state index contributed by atoms with van der Waals surface area (Å²) in [6.07, 6.45) is 5.76. The minimum Gasteiger partial charge on any atom is -0.481 e. The number of aryl methyl sites for hydroxylation is 1. The summed E-state index contributed by atoms with van der Waals surface area (Å²) in [6, 6.07) is 10.5. The maximum absolute atomic E-state index is 5.92. The molecule has 3 aromatic rings. The summed E-state index contributed by atoms with van der Waals surface area (Å²) in [5, 5.41) is 8.93. The van der Waals surface area contributed by atoms with Gasteiger partial charge in [-0.15, -0.1) is 5.10 Å².